The number of rotatable bonds is 5. The fourth-order valence-electron chi connectivity index (χ4n) is 1.98. The van der Waals surface area contributed by atoms with Crippen molar-refractivity contribution in [1.82, 2.24) is 4.98 Å². The molecule has 0 aliphatic heterocycles. The molecule has 0 saturated carbocycles. The average molecular weight is 272 g/mol. The number of carbonyl (C=O) groups excluding carboxylic acids is 1. The van der Waals surface area contributed by atoms with Gasteiger partial charge in [-0.25, -0.2) is 4.39 Å². The summed E-state index contributed by atoms with van der Waals surface area (Å²) in [5.74, 6) is -0.778. The van der Waals surface area contributed by atoms with Gasteiger partial charge in [0.25, 0.3) is 0 Å². The third-order valence-corrected chi connectivity index (χ3v) is 3.09. The molecule has 4 heteroatoms. The molecule has 2 aromatic rings. The number of aryl methyl sites for hydroxylation is 1. The molecule has 0 radical (unpaired) electrons. The summed E-state index contributed by atoms with van der Waals surface area (Å²) in [6.45, 7) is 2.10. The maximum absolute atomic E-state index is 13.0. The molecule has 20 heavy (non-hydrogen) atoms. The molecule has 0 unspecified atom stereocenters. The van der Waals surface area contributed by atoms with E-state index in [0.29, 0.717) is 11.3 Å². The molecule has 0 saturated heterocycles. The molecular weight excluding hydrogens is 255 g/mol. The number of aromatic nitrogens is 1. The fourth-order valence-corrected chi connectivity index (χ4v) is 1.98. The van der Waals surface area contributed by atoms with Crippen molar-refractivity contribution in [3.05, 3.63) is 53.5 Å². The van der Waals surface area contributed by atoms with E-state index in [2.05, 4.69) is 11.9 Å². The Morgan fingerprint density at radius 2 is 1.95 bits per heavy atom. The molecule has 2 rings (SSSR count). The quantitative estimate of drug-likeness (QED) is 0.907. The van der Waals surface area contributed by atoms with Gasteiger partial charge in [-0.3, -0.25) is 9.78 Å². The summed E-state index contributed by atoms with van der Waals surface area (Å²) in [5, 5.41) is 0. The Bertz CT molecular complexity index is 608. The highest BCUT2D eigenvalue weighted by Gasteiger charge is 2.08. The zero-order valence-corrected chi connectivity index (χ0v) is 11.4. The lowest BCUT2D eigenvalue weighted by Crippen LogP contribution is -2.12. The Kier molecular flexibility index (Phi) is 4.45. The molecule has 0 bridgehead atoms. The summed E-state index contributed by atoms with van der Waals surface area (Å²) in [7, 11) is 0. The number of nitrogens with two attached hydrogens (primary N) is 1. The van der Waals surface area contributed by atoms with Crippen LogP contribution in [0.3, 0.4) is 0 Å². The predicted molar refractivity (Wildman–Crippen MR) is 76.8 cm³/mol. The first kappa shape index (κ1) is 14.2. The van der Waals surface area contributed by atoms with Gasteiger partial charge < -0.3 is 5.73 Å². The number of primary amides is 1. The molecule has 0 aliphatic rings. The van der Waals surface area contributed by atoms with Crippen LogP contribution in [0.25, 0.3) is 11.3 Å². The van der Waals surface area contributed by atoms with Gasteiger partial charge in [0.05, 0.1) is 5.69 Å². The molecule has 0 atom stereocenters. The smallest absolute Gasteiger partial charge is 0.248 e. The van der Waals surface area contributed by atoms with Crippen molar-refractivity contribution < 1.29 is 9.18 Å². The minimum atomic E-state index is -0.478. The Labute approximate surface area is 117 Å². The number of pyridine rings is 1. The Hall–Kier alpha value is -2.23. The average Bonchev–Trinajstić information content (AvgIpc) is 2.45. The second-order valence-corrected chi connectivity index (χ2v) is 4.71. The zero-order valence-electron chi connectivity index (χ0n) is 11.4. The molecule has 1 amide bonds. The van der Waals surface area contributed by atoms with Crippen molar-refractivity contribution in [3.8, 4) is 11.3 Å². The highest BCUT2D eigenvalue weighted by molar-refractivity contribution is 5.93. The third kappa shape index (κ3) is 3.41. The first-order valence-electron chi connectivity index (χ1n) is 6.67. The van der Waals surface area contributed by atoms with E-state index in [0.717, 1.165) is 30.5 Å². The Morgan fingerprint density at radius 3 is 2.55 bits per heavy atom. The van der Waals surface area contributed by atoms with Gasteiger partial charge in [-0.1, -0.05) is 13.3 Å². The van der Waals surface area contributed by atoms with Gasteiger partial charge in [-0.05, 0) is 49.2 Å². The number of amides is 1. The number of carbonyl (C=O) groups is 1. The first-order valence-corrected chi connectivity index (χ1v) is 6.67. The summed E-state index contributed by atoms with van der Waals surface area (Å²) in [5.41, 5.74) is 8.04. The highest BCUT2D eigenvalue weighted by Crippen LogP contribution is 2.20. The molecular formula is C16H17FN2O. The van der Waals surface area contributed by atoms with E-state index < -0.39 is 5.91 Å². The predicted octanol–water partition coefficient (Wildman–Crippen LogP) is 3.33. The van der Waals surface area contributed by atoms with Crippen LogP contribution in [0.15, 0.2) is 36.4 Å². The van der Waals surface area contributed by atoms with Crippen LogP contribution >= 0.6 is 0 Å². The van der Waals surface area contributed by atoms with Crippen LogP contribution in [0.4, 0.5) is 4.39 Å². The van der Waals surface area contributed by atoms with Crippen LogP contribution in [0, 0.1) is 5.82 Å². The standard InChI is InChI=1S/C16H17FN2O/c1-2-3-4-14-9-12(16(18)20)10-15(19-14)11-5-7-13(17)8-6-11/h5-10H,2-4H2,1H3,(H2,18,20). The van der Waals surface area contributed by atoms with Crippen LogP contribution in [-0.4, -0.2) is 10.9 Å². The maximum atomic E-state index is 13.0. The van der Waals surface area contributed by atoms with E-state index in [1.807, 2.05) is 0 Å². The Morgan fingerprint density at radius 1 is 1.25 bits per heavy atom. The van der Waals surface area contributed by atoms with E-state index in [-0.39, 0.29) is 5.82 Å². The number of hydrogen-bond donors (Lipinski definition) is 1. The van der Waals surface area contributed by atoms with Gasteiger partial charge in [-0.15, -0.1) is 0 Å². The lowest BCUT2D eigenvalue weighted by atomic mass is 10.1. The molecule has 3 nitrogen and oxygen atoms in total. The van der Waals surface area contributed by atoms with Crippen molar-refractivity contribution in [2.75, 3.05) is 0 Å². The van der Waals surface area contributed by atoms with Crippen molar-refractivity contribution >= 4 is 5.91 Å². The lowest BCUT2D eigenvalue weighted by molar-refractivity contribution is 0.1000. The third-order valence-electron chi connectivity index (χ3n) is 3.09. The SMILES string of the molecule is CCCCc1cc(C(N)=O)cc(-c2ccc(F)cc2)n1. The minimum absolute atomic E-state index is 0.300. The number of nitrogens with zero attached hydrogens (tertiary/aromatic N) is 1. The highest BCUT2D eigenvalue weighted by atomic mass is 19.1. The van der Waals surface area contributed by atoms with Crippen LogP contribution in [-0.2, 0) is 6.42 Å². The van der Waals surface area contributed by atoms with Gasteiger partial charge >= 0.3 is 0 Å². The molecule has 1 aromatic heterocycles. The summed E-state index contributed by atoms with van der Waals surface area (Å²) in [4.78, 5) is 15.9. The van der Waals surface area contributed by atoms with Gasteiger partial charge in [0, 0.05) is 16.8 Å². The second-order valence-electron chi connectivity index (χ2n) is 4.71. The number of hydrogen-bond acceptors (Lipinski definition) is 2. The lowest BCUT2D eigenvalue weighted by Gasteiger charge is -2.07. The summed E-state index contributed by atoms with van der Waals surface area (Å²) in [6.07, 6.45) is 2.85. The summed E-state index contributed by atoms with van der Waals surface area (Å²) < 4.78 is 13.0. The van der Waals surface area contributed by atoms with Crippen LogP contribution in [0.2, 0.25) is 0 Å². The van der Waals surface area contributed by atoms with Gasteiger partial charge in [0.2, 0.25) is 5.91 Å². The molecule has 104 valence electrons. The van der Waals surface area contributed by atoms with E-state index in [9.17, 15) is 9.18 Å². The maximum Gasteiger partial charge on any atom is 0.248 e. The van der Waals surface area contributed by atoms with Crippen LogP contribution in [0.5, 0.6) is 0 Å². The molecule has 1 aromatic carbocycles. The van der Waals surface area contributed by atoms with Crippen LogP contribution < -0.4 is 5.73 Å². The van der Waals surface area contributed by atoms with Gasteiger partial charge in [0.1, 0.15) is 5.82 Å². The number of benzene rings is 1. The second kappa shape index (κ2) is 6.28. The summed E-state index contributed by atoms with van der Waals surface area (Å²) in [6, 6.07) is 9.41. The van der Waals surface area contributed by atoms with Crippen molar-refractivity contribution in [1.29, 1.82) is 0 Å². The molecule has 1 heterocycles. The van der Waals surface area contributed by atoms with E-state index in [1.54, 1.807) is 24.3 Å². The van der Waals surface area contributed by atoms with Gasteiger partial charge in [-0.2, -0.15) is 0 Å². The molecule has 0 fully saturated rings. The fraction of sp³-hybridized carbons (Fsp3) is 0.250. The topological polar surface area (TPSA) is 56.0 Å². The first-order chi connectivity index (χ1) is 9.60. The van der Waals surface area contributed by atoms with Crippen molar-refractivity contribution in [2.45, 2.75) is 26.2 Å². The number of halogens is 1. The molecule has 0 aliphatic carbocycles. The molecule has 2 N–H and O–H groups in total. The van der Waals surface area contributed by atoms with E-state index in [1.165, 1.54) is 12.1 Å². The summed E-state index contributed by atoms with van der Waals surface area (Å²) >= 11 is 0. The van der Waals surface area contributed by atoms with Gasteiger partial charge in [0.15, 0.2) is 0 Å². The van der Waals surface area contributed by atoms with Crippen molar-refractivity contribution in [3.63, 3.8) is 0 Å². The van der Waals surface area contributed by atoms with E-state index >= 15 is 0 Å². The Balaban J connectivity index is 2.43. The van der Waals surface area contributed by atoms with Crippen LogP contribution in [0.1, 0.15) is 35.8 Å². The largest absolute Gasteiger partial charge is 0.366 e. The monoisotopic (exact) mass is 272 g/mol. The van der Waals surface area contributed by atoms with Crippen molar-refractivity contribution in [2.24, 2.45) is 5.73 Å². The number of unbranched alkanes of at least 4 members (excludes halogenated alkanes) is 1. The minimum Gasteiger partial charge on any atom is -0.366 e. The zero-order chi connectivity index (χ0) is 14.5. The van der Waals surface area contributed by atoms with E-state index in [4.69, 9.17) is 5.73 Å². The molecule has 0 spiro atoms. The normalized spacial score (nSPS) is 10.5.